The zero-order chi connectivity index (χ0) is 18.6. The predicted molar refractivity (Wildman–Crippen MR) is 107 cm³/mol. The molecule has 2 heterocycles. The lowest BCUT2D eigenvalue weighted by Gasteiger charge is -2.35. The van der Waals surface area contributed by atoms with Gasteiger partial charge in [-0.3, -0.25) is 4.90 Å². The molecule has 0 radical (unpaired) electrons. The van der Waals surface area contributed by atoms with Crippen molar-refractivity contribution in [2.75, 3.05) is 45.3 Å². The van der Waals surface area contributed by atoms with Crippen LogP contribution in [0.5, 0.6) is 11.5 Å². The first-order valence-corrected chi connectivity index (χ1v) is 9.16. The zero-order valence-electron chi connectivity index (χ0n) is 15.8. The Kier molecular flexibility index (Phi) is 5.07. The van der Waals surface area contributed by atoms with E-state index in [0.29, 0.717) is 0 Å². The quantitative estimate of drug-likeness (QED) is 0.694. The number of hydrogen-bond acceptors (Lipinski definition) is 6. The third-order valence-electron chi connectivity index (χ3n) is 5.05. The van der Waals surface area contributed by atoms with Gasteiger partial charge in [-0.2, -0.15) is 0 Å². The van der Waals surface area contributed by atoms with Gasteiger partial charge in [-0.05, 0) is 29.8 Å². The van der Waals surface area contributed by atoms with E-state index in [9.17, 15) is 0 Å². The average Bonchev–Trinajstić information content (AvgIpc) is 2.74. The van der Waals surface area contributed by atoms with Crippen molar-refractivity contribution in [3.63, 3.8) is 0 Å². The molecule has 1 saturated heterocycles. The van der Waals surface area contributed by atoms with E-state index in [1.807, 2.05) is 24.3 Å². The Labute approximate surface area is 159 Å². The Bertz CT molecular complexity index is 918. The van der Waals surface area contributed by atoms with Gasteiger partial charge in [-0.25, -0.2) is 9.97 Å². The number of hydrogen-bond donors (Lipinski definition) is 0. The van der Waals surface area contributed by atoms with Crippen molar-refractivity contribution in [2.45, 2.75) is 6.54 Å². The molecule has 0 bridgehead atoms. The lowest BCUT2D eigenvalue weighted by molar-refractivity contribution is 0.249. The number of aromatic nitrogens is 2. The second-order valence-electron chi connectivity index (χ2n) is 6.67. The molecule has 0 N–H and O–H groups in total. The molecule has 1 aliphatic heterocycles. The van der Waals surface area contributed by atoms with Gasteiger partial charge < -0.3 is 14.4 Å². The van der Waals surface area contributed by atoms with Crippen molar-refractivity contribution in [1.82, 2.24) is 14.9 Å². The van der Waals surface area contributed by atoms with Crippen molar-refractivity contribution in [1.29, 1.82) is 0 Å². The van der Waals surface area contributed by atoms with Crippen LogP contribution in [0.4, 0.5) is 5.82 Å². The third-order valence-corrected chi connectivity index (χ3v) is 5.05. The Balaban J connectivity index is 1.43. The van der Waals surface area contributed by atoms with Gasteiger partial charge >= 0.3 is 0 Å². The minimum Gasteiger partial charge on any atom is -0.493 e. The standard InChI is InChI=1S/C21H24N4O2/c1-26-19-8-7-16(13-20(19)27-2)14-24-9-11-25(12-10-24)21-17-5-3-4-6-18(17)22-15-23-21/h3-8,13,15H,9-12,14H2,1-2H3. The largest absolute Gasteiger partial charge is 0.493 e. The van der Waals surface area contributed by atoms with Crippen LogP contribution >= 0.6 is 0 Å². The number of piperazine rings is 1. The molecule has 0 spiro atoms. The highest BCUT2D eigenvalue weighted by atomic mass is 16.5. The number of methoxy groups -OCH3 is 2. The number of ether oxygens (including phenoxy) is 2. The Morgan fingerprint density at radius 2 is 1.67 bits per heavy atom. The molecule has 140 valence electrons. The van der Waals surface area contributed by atoms with Crippen LogP contribution in [0.15, 0.2) is 48.8 Å². The third kappa shape index (κ3) is 3.66. The van der Waals surface area contributed by atoms with Gasteiger partial charge in [0.2, 0.25) is 0 Å². The predicted octanol–water partition coefficient (Wildman–Crippen LogP) is 2.97. The van der Waals surface area contributed by atoms with E-state index in [2.05, 4.69) is 38.0 Å². The van der Waals surface area contributed by atoms with E-state index >= 15 is 0 Å². The molecule has 0 aliphatic carbocycles. The van der Waals surface area contributed by atoms with E-state index in [0.717, 1.165) is 60.9 Å². The van der Waals surface area contributed by atoms with Gasteiger partial charge in [-0.15, -0.1) is 0 Å². The maximum Gasteiger partial charge on any atom is 0.161 e. The van der Waals surface area contributed by atoms with E-state index in [4.69, 9.17) is 9.47 Å². The van der Waals surface area contributed by atoms with Crippen molar-refractivity contribution < 1.29 is 9.47 Å². The first-order valence-electron chi connectivity index (χ1n) is 9.16. The normalized spacial score (nSPS) is 15.1. The first-order chi connectivity index (χ1) is 13.3. The zero-order valence-corrected chi connectivity index (χ0v) is 15.8. The Morgan fingerprint density at radius 1 is 0.889 bits per heavy atom. The van der Waals surface area contributed by atoms with Crippen LogP contribution in [0.25, 0.3) is 10.9 Å². The molecule has 4 rings (SSSR count). The fraction of sp³-hybridized carbons (Fsp3) is 0.333. The summed E-state index contributed by atoms with van der Waals surface area (Å²) in [7, 11) is 3.33. The monoisotopic (exact) mass is 364 g/mol. The highest BCUT2D eigenvalue weighted by Gasteiger charge is 2.20. The number of para-hydroxylation sites is 1. The van der Waals surface area contributed by atoms with Crippen LogP contribution in [0.3, 0.4) is 0 Å². The Morgan fingerprint density at radius 3 is 2.44 bits per heavy atom. The molecule has 0 atom stereocenters. The molecule has 27 heavy (non-hydrogen) atoms. The van der Waals surface area contributed by atoms with Gasteiger partial charge in [0.15, 0.2) is 11.5 Å². The molecule has 6 nitrogen and oxygen atoms in total. The molecular weight excluding hydrogens is 340 g/mol. The van der Waals surface area contributed by atoms with Crippen LogP contribution < -0.4 is 14.4 Å². The summed E-state index contributed by atoms with van der Waals surface area (Å²) in [6.07, 6.45) is 1.66. The second kappa shape index (κ2) is 7.80. The number of anilines is 1. The summed E-state index contributed by atoms with van der Waals surface area (Å²) in [4.78, 5) is 13.7. The fourth-order valence-corrected chi connectivity index (χ4v) is 3.60. The summed E-state index contributed by atoms with van der Waals surface area (Å²) in [5, 5.41) is 1.12. The summed E-state index contributed by atoms with van der Waals surface area (Å²) in [6, 6.07) is 14.3. The van der Waals surface area contributed by atoms with Crippen molar-refractivity contribution >= 4 is 16.7 Å². The summed E-state index contributed by atoms with van der Waals surface area (Å²) in [6.45, 7) is 4.79. The minimum absolute atomic E-state index is 0.765. The number of benzene rings is 2. The first kappa shape index (κ1) is 17.5. The maximum atomic E-state index is 5.42. The van der Waals surface area contributed by atoms with Crippen molar-refractivity contribution in [3.05, 3.63) is 54.4 Å². The van der Waals surface area contributed by atoms with Gasteiger partial charge in [0, 0.05) is 38.1 Å². The van der Waals surface area contributed by atoms with Crippen LogP contribution in [0, 0.1) is 0 Å². The van der Waals surface area contributed by atoms with Crippen LogP contribution in [0.1, 0.15) is 5.56 Å². The smallest absolute Gasteiger partial charge is 0.161 e. The summed E-state index contributed by atoms with van der Waals surface area (Å²) in [5.74, 6) is 2.58. The molecule has 0 unspecified atom stereocenters. The lowest BCUT2D eigenvalue weighted by atomic mass is 10.1. The van der Waals surface area contributed by atoms with E-state index in [1.54, 1.807) is 20.5 Å². The van der Waals surface area contributed by atoms with Gasteiger partial charge in [-0.1, -0.05) is 18.2 Å². The second-order valence-corrected chi connectivity index (χ2v) is 6.67. The van der Waals surface area contributed by atoms with Crippen molar-refractivity contribution in [3.8, 4) is 11.5 Å². The molecular formula is C21H24N4O2. The molecule has 1 aromatic heterocycles. The highest BCUT2D eigenvalue weighted by molar-refractivity contribution is 5.89. The van der Waals surface area contributed by atoms with E-state index < -0.39 is 0 Å². The SMILES string of the molecule is COc1ccc(CN2CCN(c3ncnc4ccccc34)CC2)cc1OC. The van der Waals surface area contributed by atoms with Crippen LogP contribution in [0.2, 0.25) is 0 Å². The van der Waals surface area contributed by atoms with Crippen LogP contribution in [-0.2, 0) is 6.54 Å². The Hall–Kier alpha value is -2.86. The maximum absolute atomic E-state index is 5.42. The number of rotatable bonds is 5. The average molecular weight is 364 g/mol. The number of nitrogens with zero attached hydrogens (tertiary/aromatic N) is 4. The van der Waals surface area contributed by atoms with Gasteiger partial charge in [0.1, 0.15) is 12.1 Å². The van der Waals surface area contributed by atoms with E-state index in [1.165, 1.54) is 5.56 Å². The van der Waals surface area contributed by atoms with E-state index in [-0.39, 0.29) is 0 Å². The van der Waals surface area contributed by atoms with Crippen LogP contribution in [-0.4, -0.2) is 55.3 Å². The number of fused-ring (bicyclic) bond motifs is 1. The van der Waals surface area contributed by atoms with Gasteiger partial charge in [0.25, 0.3) is 0 Å². The molecule has 0 amide bonds. The highest BCUT2D eigenvalue weighted by Crippen LogP contribution is 2.28. The lowest BCUT2D eigenvalue weighted by Crippen LogP contribution is -2.46. The van der Waals surface area contributed by atoms with Gasteiger partial charge in [0.05, 0.1) is 19.7 Å². The molecule has 1 aliphatic rings. The van der Waals surface area contributed by atoms with Crippen molar-refractivity contribution in [2.24, 2.45) is 0 Å². The molecule has 3 aromatic rings. The summed E-state index contributed by atoms with van der Waals surface area (Å²) >= 11 is 0. The topological polar surface area (TPSA) is 50.7 Å². The summed E-state index contributed by atoms with van der Waals surface area (Å²) in [5.41, 5.74) is 2.23. The molecule has 0 saturated carbocycles. The fourth-order valence-electron chi connectivity index (χ4n) is 3.60. The minimum atomic E-state index is 0.765. The molecule has 6 heteroatoms. The molecule has 1 fully saturated rings. The molecule has 2 aromatic carbocycles. The summed E-state index contributed by atoms with van der Waals surface area (Å²) < 4.78 is 10.7.